The van der Waals surface area contributed by atoms with Crippen LogP contribution in [0.2, 0.25) is 5.02 Å². The first kappa shape index (κ1) is 11.5. The molecule has 0 bridgehead atoms. The highest BCUT2D eigenvalue weighted by atomic mass is 35.5. The molecular weight excluding hydrogens is 238 g/mol. The number of hydrogen-bond donors (Lipinski definition) is 1. The molecule has 0 aliphatic heterocycles. The molecule has 1 heterocycles. The van der Waals surface area contributed by atoms with E-state index in [4.69, 9.17) is 21.6 Å². The van der Waals surface area contributed by atoms with E-state index in [9.17, 15) is 0 Å². The molecule has 1 N–H and O–H groups in total. The van der Waals surface area contributed by atoms with Crippen LogP contribution >= 0.6 is 11.6 Å². The lowest BCUT2D eigenvalue weighted by atomic mass is 10.1. The number of nitrogens with one attached hydrogen (secondary N) is 1. The fourth-order valence-corrected chi connectivity index (χ4v) is 1.77. The Morgan fingerprint density at radius 2 is 2.35 bits per heavy atom. The van der Waals surface area contributed by atoms with Crippen LogP contribution in [0.5, 0.6) is 5.75 Å². The third-order valence-electron chi connectivity index (χ3n) is 2.34. The lowest BCUT2D eigenvalue weighted by Crippen LogP contribution is -1.86. The summed E-state index contributed by atoms with van der Waals surface area (Å²) in [6.07, 6.45) is 1.95. The maximum Gasteiger partial charge on any atom is 0.137 e. The van der Waals surface area contributed by atoms with Gasteiger partial charge in [-0.3, -0.25) is 0 Å². The van der Waals surface area contributed by atoms with Crippen molar-refractivity contribution in [3.63, 3.8) is 0 Å². The number of nitrogens with zero attached hydrogens (tertiary/aromatic N) is 2. The summed E-state index contributed by atoms with van der Waals surface area (Å²) in [5.74, 6) is 1.28. The van der Waals surface area contributed by atoms with E-state index in [-0.39, 0.29) is 6.42 Å². The topological polar surface area (TPSA) is 61.7 Å². The van der Waals surface area contributed by atoms with Crippen LogP contribution in [0.1, 0.15) is 5.82 Å². The van der Waals surface area contributed by atoms with Gasteiger partial charge in [0.15, 0.2) is 0 Å². The van der Waals surface area contributed by atoms with E-state index in [2.05, 4.69) is 9.97 Å². The van der Waals surface area contributed by atoms with Crippen LogP contribution in [0.3, 0.4) is 0 Å². The number of halogens is 1. The van der Waals surface area contributed by atoms with Gasteiger partial charge in [-0.05, 0) is 18.2 Å². The smallest absolute Gasteiger partial charge is 0.137 e. The number of H-pyrrole nitrogens is 1. The number of aromatic nitrogens is 2. The van der Waals surface area contributed by atoms with E-state index < -0.39 is 0 Å². The molecule has 0 unspecified atom stereocenters. The molecule has 0 aliphatic carbocycles. The number of imidazole rings is 1. The van der Waals surface area contributed by atoms with Gasteiger partial charge in [-0.25, -0.2) is 4.98 Å². The van der Waals surface area contributed by atoms with E-state index >= 15 is 0 Å². The Kier molecular flexibility index (Phi) is 3.31. The van der Waals surface area contributed by atoms with Crippen LogP contribution < -0.4 is 4.74 Å². The zero-order valence-corrected chi connectivity index (χ0v) is 9.95. The molecule has 0 spiro atoms. The lowest BCUT2D eigenvalue weighted by molar-refractivity contribution is 0.415. The van der Waals surface area contributed by atoms with Crippen molar-refractivity contribution in [1.82, 2.24) is 9.97 Å². The fourth-order valence-electron chi connectivity index (χ4n) is 1.51. The summed E-state index contributed by atoms with van der Waals surface area (Å²) in [5, 5.41) is 9.11. The molecule has 0 saturated carbocycles. The van der Waals surface area contributed by atoms with Crippen molar-refractivity contribution in [3.05, 3.63) is 35.2 Å². The molecular formula is C12H10ClN3O. The summed E-state index contributed by atoms with van der Waals surface area (Å²) >= 11 is 6.04. The number of hydrogen-bond acceptors (Lipinski definition) is 3. The first-order valence-corrected chi connectivity index (χ1v) is 5.37. The van der Waals surface area contributed by atoms with Crippen molar-refractivity contribution in [2.45, 2.75) is 6.42 Å². The van der Waals surface area contributed by atoms with Gasteiger partial charge in [0.25, 0.3) is 0 Å². The molecule has 0 radical (unpaired) electrons. The van der Waals surface area contributed by atoms with Gasteiger partial charge in [0.05, 0.1) is 36.5 Å². The summed E-state index contributed by atoms with van der Waals surface area (Å²) in [6, 6.07) is 7.51. The minimum atomic E-state index is 0.268. The van der Waals surface area contributed by atoms with Crippen molar-refractivity contribution in [1.29, 1.82) is 5.26 Å². The Bertz CT molecular complexity index is 571. The van der Waals surface area contributed by atoms with Crippen LogP contribution in [0, 0.1) is 11.3 Å². The van der Waals surface area contributed by atoms with Crippen LogP contribution in [-0.2, 0) is 6.42 Å². The standard InChI is InChI=1S/C12H10ClN3O/c1-17-11-3-2-8(6-9(11)13)10-7-15-12(16-10)4-5-14/h2-3,6-7H,4H2,1H3,(H,15,16). The Hall–Kier alpha value is -1.99. The first-order chi connectivity index (χ1) is 8.24. The molecule has 2 aromatic rings. The molecule has 2 rings (SSSR count). The van der Waals surface area contributed by atoms with Crippen molar-refractivity contribution >= 4 is 11.6 Å². The van der Waals surface area contributed by atoms with Gasteiger partial charge in [-0.2, -0.15) is 5.26 Å². The largest absolute Gasteiger partial charge is 0.495 e. The molecule has 0 atom stereocenters. The number of ether oxygens (including phenoxy) is 1. The van der Waals surface area contributed by atoms with Gasteiger partial charge in [-0.15, -0.1) is 0 Å². The zero-order chi connectivity index (χ0) is 12.3. The van der Waals surface area contributed by atoms with E-state index in [1.165, 1.54) is 0 Å². The Morgan fingerprint density at radius 1 is 1.53 bits per heavy atom. The van der Waals surface area contributed by atoms with Crippen LogP contribution in [-0.4, -0.2) is 17.1 Å². The van der Waals surface area contributed by atoms with Gasteiger partial charge >= 0.3 is 0 Å². The highest BCUT2D eigenvalue weighted by Gasteiger charge is 2.06. The first-order valence-electron chi connectivity index (χ1n) is 4.99. The number of methoxy groups -OCH3 is 1. The number of nitriles is 1. The summed E-state index contributed by atoms with van der Waals surface area (Å²) in [6.45, 7) is 0. The third-order valence-corrected chi connectivity index (χ3v) is 2.63. The van der Waals surface area contributed by atoms with Crippen molar-refractivity contribution in [2.75, 3.05) is 7.11 Å². The average Bonchev–Trinajstić information content (AvgIpc) is 2.78. The molecule has 1 aromatic carbocycles. The Labute approximate surface area is 104 Å². The Morgan fingerprint density at radius 3 is 3.00 bits per heavy atom. The van der Waals surface area contributed by atoms with Gasteiger partial charge in [0.2, 0.25) is 0 Å². The molecule has 4 nitrogen and oxygen atoms in total. The molecule has 1 aromatic heterocycles. The van der Waals surface area contributed by atoms with E-state index in [1.54, 1.807) is 25.4 Å². The normalized spacial score (nSPS) is 9.94. The average molecular weight is 248 g/mol. The monoisotopic (exact) mass is 247 g/mol. The van der Waals surface area contributed by atoms with Gasteiger partial charge in [0, 0.05) is 5.56 Å². The second-order valence-electron chi connectivity index (χ2n) is 3.43. The second kappa shape index (κ2) is 4.89. The SMILES string of the molecule is COc1ccc(-c2cnc(CC#N)[nH]2)cc1Cl. The lowest BCUT2D eigenvalue weighted by Gasteiger charge is -2.04. The highest BCUT2D eigenvalue weighted by Crippen LogP contribution is 2.29. The van der Waals surface area contributed by atoms with Gasteiger partial charge < -0.3 is 9.72 Å². The predicted octanol–water partition coefficient (Wildman–Crippen LogP) is 2.80. The second-order valence-corrected chi connectivity index (χ2v) is 3.83. The summed E-state index contributed by atoms with van der Waals surface area (Å²) < 4.78 is 5.08. The van der Waals surface area contributed by atoms with E-state index in [0.29, 0.717) is 16.6 Å². The molecule has 0 fully saturated rings. The van der Waals surface area contributed by atoms with Crippen LogP contribution in [0.15, 0.2) is 24.4 Å². The molecule has 0 aliphatic rings. The fraction of sp³-hybridized carbons (Fsp3) is 0.167. The van der Waals surface area contributed by atoms with Crippen molar-refractivity contribution in [2.24, 2.45) is 0 Å². The number of aromatic amines is 1. The maximum atomic E-state index is 8.56. The molecule has 0 amide bonds. The van der Waals surface area contributed by atoms with Crippen molar-refractivity contribution < 1.29 is 4.74 Å². The van der Waals surface area contributed by atoms with Crippen LogP contribution in [0.25, 0.3) is 11.3 Å². The zero-order valence-electron chi connectivity index (χ0n) is 9.20. The minimum Gasteiger partial charge on any atom is -0.495 e. The Balaban J connectivity index is 2.33. The number of rotatable bonds is 3. The summed E-state index contributed by atoms with van der Waals surface area (Å²) in [4.78, 5) is 7.16. The molecule has 0 saturated heterocycles. The third kappa shape index (κ3) is 2.40. The van der Waals surface area contributed by atoms with E-state index in [0.717, 1.165) is 11.3 Å². The number of benzene rings is 1. The summed E-state index contributed by atoms with van der Waals surface area (Å²) in [7, 11) is 1.57. The summed E-state index contributed by atoms with van der Waals surface area (Å²) in [5.41, 5.74) is 1.74. The van der Waals surface area contributed by atoms with E-state index in [1.807, 2.05) is 12.1 Å². The van der Waals surface area contributed by atoms with Gasteiger partial charge in [-0.1, -0.05) is 11.6 Å². The minimum absolute atomic E-state index is 0.268. The molecule has 86 valence electrons. The molecule has 17 heavy (non-hydrogen) atoms. The van der Waals surface area contributed by atoms with Crippen LogP contribution in [0.4, 0.5) is 0 Å². The maximum absolute atomic E-state index is 8.56. The van der Waals surface area contributed by atoms with Gasteiger partial charge in [0.1, 0.15) is 11.6 Å². The predicted molar refractivity (Wildman–Crippen MR) is 64.9 cm³/mol. The van der Waals surface area contributed by atoms with Crippen molar-refractivity contribution in [3.8, 4) is 23.1 Å². The molecule has 5 heteroatoms. The highest BCUT2D eigenvalue weighted by molar-refractivity contribution is 6.32. The quantitative estimate of drug-likeness (QED) is 0.907.